The summed E-state index contributed by atoms with van der Waals surface area (Å²) in [5.74, 6) is -2.98. The standard InChI is InChI=1S/C22H31F3N4O7S/c1-12(2)17(19(30)22(23,24)25)26-20(31)16-6-5-11-28(16)21(32)18(13(3)4)27-37(35,36)15-9-7-14(8-10-15)29(33)34/h7-10,12-13,16-19,27,30H,5-6,11H2,1-4H3,(H,26,31)/t16-,17?,18-,19?/m0/s1. The second kappa shape index (κ2) is 11.7. The molecule has 0 aromatic heterocycles. The molecule has 2 rings (SSSR count). The van der Waals surface area contributed by atoms with Crippen molar-refractivity contribution >= 4 is 27.5 Å². The summed E-state index contributed by atoms with van der Waals surface area (Å²) in [7, 11) is -4.30. The third kappa shape index (κ3) is 7.38. The summed E-state index contributed by atoms with van der Waals surface area (Å²) >= 11 is 0. The van der Waals surface area contributed by atoms with Crippen molar-refractivity contribution in [3.8, 4) is 0 Å². The number of hydrogen-bond donors (Lipinski definition) is 3. The highest BCUT2D eigenvalue weighted by Crippen LogP contribution is 2.27. The molecule has 1 aliphatic heterocycles. The molecule has 4 atom stereocenters. The van der Waals surface area contributed by atoms with Gasteiger partial charge in [-0.15, -0.1) is 0 Å². The summed E-state index contributed by atoms with van der Waals surface area (Å²) in [6.07, 6.45) is -7.27. The Morgan fingerprint density at radius 2 is 1.70 bits per heavy atom. The van der Waals surface area contributed by atoms with Crippen LogP contribution in [0.25, 0.3) is 0 Å². The van der Waals surface area contributed by atoms with E-state index < -0.39 is 69.0 Å². The predicted molar refractivity (Wildman–Crippen MR) is 126 cm³/mol. The number of nitro benzene ring substituents is 1. The molecule has 2 amide bonds. The maximum atomic E-state index is 13.4. The molecule has 37 heavy (non-hydrogen) atoms. The SMILES string of the molecule is CC(C)C(NC(=O)[C@@H]1CCCN1C(=O)[C@@H](NS(=O)(=O)c1ccc([N+](=O)[O-])cc1)C(C)C)C(O)C(F)(F)F. The molecule has 1 aromatic carbocycles. The number of nitro groups is 1. The number of sulfonamides is 1. The van der Waals surface area contributed by atoms with E-state index in [4.69, 9.17) is 0 Å². The number of aliphatic hydroxyl groups excluding tert-OH is 1. The monoisotopic (exact) mass is 552 g/mol. The summed E-state index contributed by atoms with van der Waals surface area (Å²) in [6, 6.07) is -0.0792. The minimum absolute atomic E-state index is 0.0770. The normalized spacial score (nSPS) is 19.1. The Bertz CT molecular complexity index is 1090. The van der Waals surface area contributed by atoms with Crippen molar-refractivity contribution in [3.63, 3.8) is 0 Å². The molecular weight excluding hydrogens is 521 g/mol. The number of carbonyl (C=O) groups is 2. The van der Waals surface area contributed by atoms with Crippen LogP contribution >= 0.6 is 0 Å². The number of hydrogen-bond acceptors (Lipinski definition) is 7. The van der Waals surface area contributed by atoms with Crippen LogP contribution in [0.5, 0.6) is 0 Å². The average molecular weight is 553 g/mol. The van der Waals surface area contributed by atoms with Gasteiger partial charge in [-0.2, -0.15) is 17.9 Å². The minimum atomic E-state index is -4.97. The number of likely N-dealkylation sites (tertiary alicyclic amines) is 1. The molecule has 2 unspecified atom stereocenters. The maximum Gasteiger partial charge on any atom is 0.416 e. The van der Waals surface area contributed by atoms with Crippen molar-refractivity contribution in [2.45, 2.75) is 75.8 Å². The lowest BCUT2D eigenvalue weighted by atomic mass is 9.97. The number of alkyl halides is 3. The first-order chi connectivity index (χ1) is 17.0. The average Bonchev–Trinajstić information content (AvgIpc) is 3.29. The van der Waals surface area contributed by atoms with E-state index in [1.807, 2.05) is 0 Å². The largest absolute Gasteiger partial charge is 0.416 e. The Morgan fingerprint density at radius 1 is 1.14 bits per heavy atom. The highest BCUT2D eigenvalue weighted by molar-refractivity contribution is 7.89. The Hall–Kier alpha value is -2.78. The van der Waals surface area contributed by atoms with Crippen LogP contribution in [0.15, 0.2) is 29.2 Å². The molecule has 0 saturated carbocycles. The van der Waals surface area contributed by atoms with Crippen molar-refractivity contribution in [1.29, 1.82) is 0 Å². The Morgan fingerprint density at radius 3 is 2.16 bits per heavy atom. The first kappa shape index (κ1) is 30.4. The topological polar surface area (TPSA) is 159 Å². The maximum absolute atomic E-state index is 13.4. The Labute approximate surface area is 212 Å². The number of halogens is 3. The van der Waals surface area contributed by atoms with Crippen molar-refractivity contribution in [2.75, 3.05) is 6.54 Å². The van der Waals surface area contributed by atoms with Gasteiger partial charge in [-0.1, -0.05) is 27.7 Å². The third-order valence-electron chi connectivity index (χ3n) is 6.11. The van der Waals surface area contributed by atoms with Gasteiger partial charge in [0.15, 0.2) is 6.10 Å². The molecule has 1 fully saturated rings. The van der Waals surface area contributed by atoms with Gasteiger partial charge in [-0.05, 0) is 36.8 Å². The summed E-state index contributed by atoms with van der Waals surface area (Å²) in [5, 5.41) is 22.7. The van der Waals surface area contributed by atoms with E-state index in [1.54, 1.807) is 13.8 Å². The number of rotatable bonds is 10. The molecule has 208 valence electrons. The molecule has 1 saturated heterocycles. The van der Waals surface area contributed by atoms with E-state index in [9.17, 15) is 46.4 Å². The molecule has 15 heteroatoms. The number of nitrogens with zero attached hydrogens (tertiary/aromatic N) is 2. The lowest BCUT2D eigenvalue weighted by Crippen LogP contribution is -2.59. The summed E-state index contributed by atoms with van der Waals surface area (Å²) in [4.78, 5) is 37.2. The lowest BCUT2D eigenvalue weighted by molar-refractivity contribution is -0.384. The van der Waals surface area contributed by atoms with Crippen molar-refractivity contribution in [1.82, 2.24) is 14.9 Å². The second-order valence-electron chi connectivity index (χ2n) is 9.55. The van der Waals surface area contributed by atoms with E-state index >= 15 is 0 Å². The fourth-order valence-corrected chi connectivity index (χ4v) is 5.35. The summed E-state index contributed by atoms with van der Waals surface area (Å²) in [6.45, 7) is 6.02. The number of amides is 2. The van der Waals surface area contributed by atoms with Crippen LogP contribution in [0.3, 0.4) is 0 Å². The van der Waals surface area contributed by atoms with Gasteiger partial charge in [-0.3, -0.25) is 19.7 Å². The van der Waals surface area contributed by atoms with Gasteiger partial charge in [0.05, 0.1) is 15.9 Å². The van der Waals surface area contributed by atoms with Crippen LogP contribution in [0.2, 0.25) is 0 Å². The van der Waals surface area contributed by atoms with Crippen LogP contribution in [-0.4, -0.2) is 72.1 Å². The predicted octanol–water partition coefficient (Wildman–Crippen LogP) is 1.95. The molecule has 0 spiro atoms. The van der Waals surface area contributed by atoms with Gasteiger partial charge < -0.3 is 15.3 Å². The number of non-ortho nitro benzene ring substituents is 1. The molecule has 1 heterocycles. The second-order valence-corrected chi connectivity index (χ2v) is 11.3. The van der Waals surface area contributed by atoms with Crippen molar-refractivity contribution in [2.24, 2.45) is 11.8 Å². The molecule has 0 bridgehead atoms. The lowest BCUT2D eigenvalue weighted by Gasteiger charge is -2.33. The molecule has 1 aliphatic rings. The molecule has 3 N–H and O–H groups in total. The zero-order valence-electron chi connectivity index (χ0n) is 20.7. The van der Waals surface area contributed by atoms with Gasteiger partial charge >= 0.3 is 6.18 Å². The number of aliphatic hydroxyl groups is 1. The van der Waals surface area contributed by atoms with E-state index in [0.29, 0.717) is 6.42 Å². The third-order valence-corrected chi connectivity index (χ3v) is 7.57. The van der Waals surface area contributed by atoms with E-state index in [1.165, 1.54) is 13.8 Å². The van der Waals surface area contributed by atoms with E-state index in [-0.39, 0.29) is 23.5 Å². The highest BCUT2D eigenvalue weighted by Gasteiger charge is 2.47. The number of carbonyl (C=O) groups excluding carboxylic acids is 2. The highest BCUT2D eigenvalue weighted by atomic mass is 32.2. The van der Waals surface area contributed by atoms with Gasteiger partial charge in [0.1, 0.15) is 12.1 Å². The van der Waals surface area contributed by atoms with Crippen LogP contribution in [0, 0.1) is 22.0 Å². The van der Waals surface area contributed by atoms with Gasteiger partial charge in [0.25, 0.3) is 5.69 Å². The summed E-state index contributed by atoms with van der Waals surface area (Å²) < 4.78 is 67.3. The molecule has 0 radical (unpaired) electrons. The van der Waals surface area contributed by atoms with Crippen LogP contribution in [0.1, 0.15) is 40.5 Å². The Balaban J connectivity index is 2.24. The van der Waals surface area contributed by atoms with Crippen molar-refractivity contribution in [3.05, 3.63) is 34.4 Å². The zero-order valence-corrected chi connectivity index (χ0v) is 21.5. The molecule has 0 aliphatic carbocycles. The quantitative estimate of drug-likeness (QED) is 0.296. The smallest absolute Gasteiger partial charge is 0.382 e. The Kier molecular flexibility index (Phi) is 9.65. The van der Waals surface area contributed by atoms with Crippen molar-refractivity contribution < 1.29 is 41.2 Å². The summed E-state index contributed by atoms with van der Waals surface area (Å²) in [5.41, 5.74) is -0.322. The minimum Gasteiger partial charge on any atom is -0.382 e. The fourth-order valence-electron chi connectivity index (χ4n) is 4.01. The number of benzene rings is 1. The van der Waals surface area contributed by atoms with Gasteiger partial charge in [-0.25, -0.2) is 8.42 Å². The number of nitrogens with one attached hydrogen (secondary N) is 2. The van der Waals surface area contributed by atoms with Gasteiger partial charge in [0.2, 0.25) is 21.8 Å². The zero-order chi connectivity index (χ0) is 28.3. The first-order valence-electron chi connectivity index (χ1n) is 11.6. The van der Waals surface area contributed by atoms with Crippen LogP contribution in [0.4, 0.5) is 18.9 Å². The molecule has 11 nitrogen and oxygen atoms in total. The first-order valence-corrected chi connectivity index (χ1v) is 13.1. The van der Waals surface area contributed by atoms with E-state index in [2.05, 4.69) is 10.0 Å². The molecular formula is C22H31F3N4O7S. The van der Waals surface area contributed by atoms with Gasteiger partial charge in [0, 0.05) is 18.7 Å². The van der Waals surface area contributed by atoms with Crippen LogP contribution < -0.4 is 10.0 Å². The fraction of sp³-hybridized carbons (Fsp3) is 0.636. The molecule has 1 aromatic rings. The van der Waals surface area contributed by atoms with E-state index in [0.717, 1.165) is 29.2 Å². The van der Waals surface area contributed by atoms with Crippen LogP contribution in [-0.2, 0) is 19.6 Å².